The first kappa shape index (κ1) is 22.5. The number of aromatic nitrogens is 2. The molecule has 0 radical (unpaired) electrons. The Balaban J connectivity index is 2.32. The maximum absolute atomic E-state index is 13.2. The molecule has 0 saturated heterocycles. The third-order valence-electron chi connectivity index (χ3n) is 4.58. The smallest absolute Gasteiger partial charge is 0.270 e. The van der Waals surface area contributed by atoms with Crippen molar-refractivity contribution in [1.29, 1.82) is 0 Å². The minimum absolute atomic E-state index is 0.264. The fourth-order valence-electron chi connectivity index (χ4n) is 2.98. The van der Waals surface area contributed by atoms with E-state index in [0.29, 0.717) is 37.1 Å². The average molecular weight is 406 g/mol. The van der Waals surface area contributed by atoms with Crippen LogP contribution in [0, 0.1) is 11.2 Å². The van der Waals surface area contributed by atoms with Gasteiger partial charge in [-0.3, -0.25) is 18.7 Å². The Morgan fingerprint density at radius 2 is 1.83 bits per heavy atom. The lowest BCUT2D eigenvalue weighted by Crippen LogP contribution is -2.52. The summed E-state index contributed by atoms with van der Waals surface area (Å²) in [7, 11) is 0. The summed E-state index contributed by atoms with van der Waals surface area (Å²) in [5.74, 6) is -1.47. The number of nitrogens with two attached hydrogens (primary N) is 1. The molecule has 2 aromatic rings. The van der Waals surface area contributed by atoms with E-state index in [1.54, 1.807) is 39.0 Å². The topological polar surface area (TPSA) is 90.0 Å². The predicted molar refractivity (Wildman–Crippen MR) is 107 cm³/mol. The number of hydrogen-bond acceptors (Lipinski definition) is 3. The fraction of sp³-hybridized carbons (Fsp3) is 0.476. The van der Waals surface area contributed by atoms with Crippen LogP contribution in [-0.2, 0) is 11.3 Å². The van der Waals surface area contributed by atoms with E-state index in [9.17, 15) is 18.4 Å². The Bertz CT molecular complexity index is 841. The second-order valence-corrected chi connectivity index (χ2v) is 8.07. The number of nitrogens with one attached hydrogen (secondary N) is 1. The van der Waals surface area contributed by atoms with Gasteiger partial charge in [-0.15, -0.1) is 0 Å². The van der Waals surface area contributed by atoms with Gasteiger partial charge in [0.1, 0.15) is 17.6 Å². The van der Waals surface area contributed by atoms with Crippen LogP contribution >= 0.6 is 0 Å². The van der Waals surface area contributed by atoms with Crippen LogP contribution in [0.25, 0.3) is 11.3 Å². The van der Waals surface area contributed by atoms with Gasteiger partial charge < -0.3 is 11.1 Å². The van der Waals surface area contributed by atoms with Crippen molar-refractivity contribution in [2.45, 2.75) is 52.6 Å². The number of unbranched alkanes of at least 4 members (excludes halogenated alkanes) is 2. The van der Waals surface area contributed by atoms with Crippen molar-refractivity contribution >= 4 is 11.8 Å². The molecule has 8 heteroatoms. The van der Waals surface area contributed by atoms with Crippen LogP contribution in [0.15, 0.2) is 30.3 Å². The molecule has 3 N–H and O–H groups in total. The molecule has 0 aliphatic heterocycles. The summed E-state index contributed by atoms with van der Waals surface area (Å²) in [5.41, 5.74) is 6.33. The number of rotatable bonds is 9. The number of halogens is 2. The fourth-order valence-corrected chi connectivity index (χ4v) is 2.98. The molecule has 2 rings (SSSR count). The van der Waals surface area contributed by atoms with E-state index in [2.05, 4.69) is 10.4 Å². The highest BCUT2D eigenvalue weighted by Gasteiger charge is 2.32. The maximum atomic E-state index is 13.2. The molecule has 0 saturated carbocycles. The molecule has 0 spiro atoms. The SMILES string of the molecule is CC(C)(C)[C@@H](NC(=O)c1cc(-c2ccc(F)cc2)nn1CCCCCF)C(N)=O. The third kappa shape index (κ3) is 6.10. The van der Waals surface area contributed by atoms with Crippen LogP contribution in [0.4, 0.5) is 8.78 Å². The Morgan fingerprint density at radius 3 is 2.38 bits per heavy atom. The molecule has 0 fully saturated rings. The number of hydrogen-bond donors (Lipinski definition) is 2. The normalized spacial score (nSPS) is 12.6. The summed E-state index contributed by atoms with van der Waals surface area (Å²) in [6, 6.07) is 6.52. The number of nitrogens with zero attached hydrogens (tertiary/aromatic N) is 2. The van der Waals surface area contributed by atoms with Crippen molar-refractivity contribution in [1.82, 2.24) is 15.1 Å². The van der Waals surface area contributed by atoms with Gasteiger partial charge in [0.15, 0.2) is 0 Å². The maximum Gasteiger partial charge on any atom is 0.270 e. The lowest BCUT2D eigenvalue weighted by molar-refractivity contribution is -0.122. The summed E-state index contributed by atoms with van der Waals surface area (Å²) in [5, 5.41) is 7.16. The van der Waals surface area contributed by atoms with Crippen LogP contribution in [0.5, 0.6) is 0 Å². The minimum Gasteiger partial charge on any atom is -0.368 e. The Morgan fingerprint density at radius 1 is 1.17 bits per heavy atom. The molecule has 1 aromatic carbocycles. The van der Waals surface area contributed by atoms with E-state index in [4.69, 9.17) is 5.73 Å². The van der Waals surface area contributed by atoms with E-state index in [1.807, 2.05) is 0 Å². The molecule has 0 aliphatic carbocycles. The number of carbonyl (C=O) groups is 2. The summed E-state index contributed by atoms with van der Waals surface area (Å²) in [6.07, 6.45) is 1.75. The number of aryl methyl sites for hydroxylation is 1. The standard InChI is InChI=1S/C21H28F2N4O2/c1-21(2,3)18(19(24)28)25-20(29)17-13-16(14-7-9-15(23)10-8-14)26-27(17)12-6-4-5-11-22/h7-10,13,18H,4-6,11-12H2,1-3H3,(H2,24,28)(H,25,29)/t18-/m0/s1. The van der Waals surface area contributed by atoms with Gasteiger partial charge in [0, 0.05) is 12.1 Å². The monoisotopic (exact) mass is 406 g/mol. The highest BCUT2D eigenvalue weighted by Crippen LogP contribution is 2.22. The van der Waals surface area contributed by atoms with Gasteiger partial charge in [0.05, 0.1) is 12.4 Å². The second-order valence-electron chi connectivity index (χ2n) is 8.07. The lowest BCUT2D eigenvalue weighted by atomic mass is 9.86. The third-order valence-corrected chi connectivity index (χ3v) is 4.58. The van der Waals surface area contributed by atoms with E-state index >= 15 is 0 Å². The molecule has 158 valence electrons. The van der Waals surface area contributed by atoms with Gasteiger partial charge in [-0.25, -0.2) is 4.39 Å². The first-order valence-electron chi connectivity index (χ1n) is 9.63. The molecule has 1 atom stereocenters. The second kappa shape index (κ2) is 9.62. The number of primary amides is 1. The van der Waals surface area contributed by atoms with Gasteiger partial charge in [-0.05, 0) is 55.0 Å². The largest absolute Gasteiger partial charge is 0.368 e. The Kier molecular flexibility index (Phi) is 7.47. The van der Waals surface area contributed by atoms with Crippen LogP contribution in [0.1, 0.15) is 50.5 Å². The zero-order valence-corrected chi connectivity index (χ0v) is 17.0. The van der Waals surface area contributed by atoms with Gasteiger partial charge in [0.2, 0.25) is 5.91 Å². The number of amides is 2. The molecular formula is C21H28F2N4O2. The molecule has 0 aliphatic rings. The summed E-state index contributed by atoms with van der Waals surface area (Å²) < 4.78 is 27.1. The molecular weight excluding hydrogens is 378 g/mol. The average Bonchev–Trinajstić information content (AvgIpc) is 3.06. The Labute approximate surface area is 169 Å². The minimum atomic E-state index is -0.862. The first-order valence-corrected chi connectivity index (χ1v) is 9.63. The van der Waals surface area contributed by atoms with E-state index in [-0.39, 0.29) is 18.2 Å². The number of benzene rings is 1. The van der Waals surface area contributed by atoms with Crippen LogP contribution < -0.4 is 11.1 Å². The van der Waals surface area contributed by atoms with Crippen molar-refractivity contribution < 1.29 is 18.4 Å². The van der Waals surface area contributed by atoms with E-state index in [1.165, 1.54) is 16.8 Å². The Hall–Kier alpha value is -2.77. The summed E-state index contributed by atoms with van der Waals surface area (Å²) >= 11 is 0. The van der Waals surface area contributed by atoms with Gasteiger partial charge in [-0.2, -0.15) is 5.10 Å². The predicted octanol–water partition coefficient (Wildman–Crippen LogP) is 3.46. The molecule has 2 amide bonds. The molecule has 6 nitrogen and oxygen atoms in total. The van der Waals surface area contributed by atoms with E-state index in [0.717, 1.165) is 0 Å². The van der Waals surface area contributed by atoms with Crippen molar-refractivity contribution in [2.75, 3.05) is 6.67 Å². The lowest BCUT2D eigenvalue weighted by Gasteiger charge is -2.28. The molecule has 1 aromatic heterocycles. The quantitative estimate of drug-likeness (QED) is 0.625. The van der Waals surface area contributed by atoms with Gasteiger partial charge in [0.25, 0.3) is 5.91 Å². The van der Waals surface area contributed by atoms with Crippen molar-refractivity contribution in [3.63, 3.8) is 0 Å². The van der Waals surface area contributed by atoms with Crippen LogP contribution in [0.3, 0.4) is 0 Å². The highest BCUT2D eigenvalue weighted by atomic mass is 19.1. The summed E-state index contributed by atoms with van der Waals surface area (Å²) in [6.45, 7) is 5.45. The number of carbonyl (C=O) groups excluding carboxylic acids is 2. The van der Waals surface area contributed by atoms with Crippen LogP contribution in [0.2, 0.25) is 0 Å². The number of alkyl halides is 1. The van der Waals surface area contributed by atoms with Crippen molar-refractivity contribution in [3.8, 4) is 11.3 Å². The van der Waals surface area contributed by atoms with E-state index < -0.39 is 23.3 Å². The van der Waals surface area contributed by atoms with Crippen molar-refractivity contribution in [3.05, 3.63) is 41.8 Å². The van der Waals surface area contributed by atoms with Gasteiger partial charge in [-0.1, -0.05) is 20.8 Å². The molecule has 29 heavy (non-hydrogen) atoms. The van der Waals surface area contributed by atoms with Gasteiger partial charge >= 0.3 is 0 Å². The molecule has 1 heterocycles. The zero-order chi connectivity index (χ0) is 21.6. The van der Waals surface area contributed by atoms with Crippen LogP contribution in [-0.4, -0.2) is 34.3 Å². The molecule has 0 bridgehead atoms. The summed E-state index contributed by atoms with van der Waals surface area (Å²) in [4.78, 5) is 24.7. The first-order chi connectivity index (χ1) is 13.6. The van der Waals surface area contributed by atoms with Crippen molar-refractivity contribution in [2.24, 2.45) is 11.1 Å². The molecule has 0 unspecified atom stereocenters. The highest BCUT2D eigenvalue weighted by molar-refractivity contribution is 5.97. The zero-order valence-electron chi connectivity index (χ0n) is 17.0.